The number of hydrogen-bond donors (Lipinski definition) is 0. The summed E-state index contributed by atoms with van der Waals surface area (Å²) in [4.78, 5) is 12.9. The van der Waals surface area contributed by atoms with Crippen LogP contribution in [-0.2, 0) is 0 Å². The van der Waals surface area contributed by atoms with Crippen LogP contribution in [0.25, 0.3) is 10.9 Å². The molecule has 0 amide bonds. The third-order valence-electron chi connectivity index (χ3n) is 4.25. The molecule has 1 aromatic heterocycles. The fourth-order valence-electron chi connectivity index (χ4n) is 2.46. The molecule has 0 aliphatic heterocycles. The fourth-order valence-corrected chi connectivity index (χ4v) is 2.46. The summed E-state index contributed by atoms with van der Waals surface area (Å²) in [6.07, 6.45) is 12.4. The highest BCUT2D eigenvalue weighted by molar-refractivity contribution is 6.40. The first-order valence-electron chi connectivity index (χ1n) is 9.94. The average molecular weight is 404 g/mol. The zero-order chi connectivity index (χ0) is 21.6. The monoisotopic (exact) mass is 403 g/mol. The molecule has 0 atom stereocenters. The Bertz CT molecular complexity index is 957. The standard InChI is InChI=1S/C16H24N2.C10H9N.CH4/c1-7-10-16(9-3)13(4)12-18-15(6)14(5)17-11-8-2;1-8-4-5-10-9(7-8)3-2-6-11-10;/h8-12H,3,7H2,1-2,4-6H3;2-7H,1H3;1H4/b11-8-,13-12+,16-10+,17-14?,18-15?;;. The van der Waals surface area contributed by atoms with Crippen molar-refractivity contribution in [3.8, 4) is 0 Å². The van der Waals surface area contributed by atoms with E-state index in [1.54, 1.807) is 6.20 Å². The van der Waals surface area contributed by atoms with Crippen molar-refractivity contribution < 1.29 is 0 Å². The summed E-state index contributed by atoms with van der Waals surface area (Å²) in [5.74, 6) is 0. The van der Waals surface area contributed by atoms with Gasteiger partial charge in [0.25, 0.3) is 0 Å². The molecule has 160 valence electrons. The maximum atomic E-state index is 4.43. The summed E-state index contributed by atoms with van der Waals surface area (Å²) in [6.45, 7) is 15.9. The van der Waals surface area contributed by atoms with Crippen LogP contribution in [0.3, 0.4) is 0 Å². The second-order valence-electron chi connectivity index (χ2n) is 6.69. The Morgan fingerprint density at radius 2 is 1.80 bits per heavy atom. The van der Waals surface area contributed by atoms with E-state index in [0.717, 1.165) is 34.5 Å². The van der Waals surface area contributed by atoms with E-state index in [9.17, 15) is 0 Å². The third-order valence-corrected chi connectivity index (χ3v) is 4.25. The Morgan fingerprint density at radius 1 is 1.10 bits per heavy atom. The Morgan fingerprint density at radius 3 is 2.43 bits per heavy atom. The molecule has 3 heteroatoms. The van der Waals surface area contributed by atoms with Crippen molar-refractivity contribution >= 4 is 22.3 Å². The number of rotatable bonds is 6. The number of nitrogens with zero attached hydrogens (tertiary/aromatic N) is 3. The Balaban J connectivity index is 0.000000594. The molecule has 0 radical (unpaired) electrons. The number of hydrogen-bond acceptors (Lipinski definition) is 3. The summed E-state index contributed by atoms with van der Waals surface area (Å²) in [6, 6.07) is 10.3. The largest absolute Gasteiger partial charge is 0.260 e. The van der Waals surface area contributed by atoms with Crippen molar-refractivity contribution in [1.29, 1.82) is 0 Å². The van der Waals surface area contributed by atoms with Crippen molar-refractivity contribution in [2.24, 2.45) is 9.98 Å². The van der Waals surface area contributed by atoms with Gasteiger partial charge in [0.1, 0.15) is 0 Å². The van der Waals surface area contributed by atoms with Gasteiger partial charge < -0.3 is 0 Å². The van der Waals surface area contributed by atoms with Gasteiger partial charge in [-0.3, -0.25) is 15.0 Å². The summed E-state index contributed by atoms with van der Waals surface area (Å²) in [7, 11) is 0. The SMILES string of the molecule is C.C=CC(=C\CC)/C(C)=C/N=C(C)C(C)=N/C=C\C.Cc1ccc2ncccc2c1. The van der Waals surface area contributed by atoms with Crippen LogP contribution in [0, 0.1) is 6.92 Å². The molecule has 0 saturated heterocycles. The van der Waals surface area contributed by atoms with Gasteiger partial charge in [-0.1, -0.05) is 56.9 Å². The third kappa shape index (κ3) is 9.42. The van der Waals surface area contributed by atoms with E-state index in [1.807, 2.05) is 64.4 Å². The highest BCUT2D eigenvalue weighted by Gasteiger charge is 1.96. The van der Waals surface area contributed by atoms with E-state index < -0.39 is 0 Å². The van der Waals surface area contributed by atoms with Gasteiger partial charge in [0.2, 0.25) is 0 Å². The lowest BCUT2D eigenvalue weighted by Gasteiger charge is -2.01. The molecule has 2 aromatic rings. The van der Waals surface area contributed by atoms with Gasteiger partial charge in [0.15, 0.2) is 0 Å². The molecule has 0 spiro atoms. The summed E-state index contributed by atoms with van der Waals surface area (Å²) in [5, 5.41) is 1.22. The highest BCUT2D eigenvalue weighted by atomic mass is 14.8. The van der Waals surface area contributed by atoms with Crippen molar-refractivity contribution in [2.45, 2.75) is 55.4 Å². The Kier molecular flexibility index (Phi) is 13.3. The lowest BCUT2D eigenvalue weighted by Crippen LogP contribution is -2.04. The number of pyridine rings is 1. The second-order valence-corrected chi connectivity index (χ2v) is 6.69. The minimum absolute atomic E-state index is 0. The van der Waals surface area contributed by atoms with Crippen LogP contribution in [-0.4, -0.2) is 16.4 Å². The number of aromatic nitrogens is 1. The minimum atomic E-state index is 0. The number of fused-ring (bicyclic) bond motifs is 1. The number of aliphatic imine (C=N–C) groups is 2. The van der Waals surface area contributed by atoms with Crippen LogP contribution in [0.15, 0.2) is 94.9 Å². The first kappa shape index (κ1) is 26.9. The van der Waals surface area contributed by atoms with Crippen LogP contribution < -0.4 is 0 Å². The summed E-state index contributed by atoms with van der Waals surface area (Å²) >= 11 is 0. The highest BCUT2D eigenvalue weighted by Crippen LogP contribution is 2.12. The predicted octanol–water partition coefficient (Wildman–Crippen LogP) is 8.05. The lowest BCUT2D eigenvalue weighted by atomic mass is 10.1. The quantitative estimate of drug-likeness (QED) is 0.355. The van der Waals surface area contributed by atoms with Crippen molar-refractivity contribution in [2.75, 3.05) is 0 Å². The van der Waals surface area contributed by atoms with Crippen LogP contribution in [0.1, 0.15) is 54.0 Å². The van der Waals surface area contributed by atoms with Crippen LogP contribution in [0.5, 0.6) is 0 Å². The molecule has 0 aliphatic carbocycles. The minimum Gasteiger partial charge on any atom is -0.260 e. The molecule has 0 saturated carbocycles. The van der Waals surface area contributed by atoms with Crippen molar-refractivity contribution in [3.05, 3.63) is 90.4 Å². The van der Waals surface area contributed by atoms with Gasteiger partial charge in [-0.25, -0.2) is 0 Å². The fraction of sp³-hybridized carbons (Fsp3) is 0.296. The molecule has 0 N–H and O–H groups in total. The zero-order valence-electron chi connectivity index (χ0n) is 18.6. The molecule has 2 rings (SSSR count). The molecule has 0 fully saturated rings. The molecule has 1 heterocycles. The maximum Gasteiger partial charge on any atom is 0.0702 e. The number of allylic oxidation sites excluding steroid dienone is 5. The number of benzene rings is 1. The molecule has 30 heavy (non-hydrogen) atoms. The first-order valence-corrected chi connectivity index (χ1v) is 9.94. The van der Waals surface area contributed by atoms with Crippen LogP contribution in [0.4, 0.5) is 0 Å². The van der Waals surface area contributed by atoms with Crippen molar-refractivity contribution in [3.63, 3.8) is 0 Å². The van der Waals surface area contributed by atoms with E-state index in [2.05, 4.69) is 59.7 Å². The van der Waals surface area contributed by atoms with Gasteiger partial charge in [0, 0.05) is 24.0 Å². The van der Waals surface area contributed by atoms with Gasteiger partial charge in [0.05, 0.1) is 16.9 Å². The van der Waals surface area contributed by atoms with Crippen LogP contribution >= 0.6 is 0 Å². The normalized spacial score (nSPS) is 13.0. The molecule has 1 aromatic carbocycles. The van der Waals surface area contributed by atoms with Gasteiger partial charge in [-0.15, -0.1) is 0 Å². The smallest absolute Gasteiger partial charge is 0.0702 e. The molecular weight excluding hydrogens is 366 g/mol. The second kappa shape index (κ2) is 14.9. The molecular formula is C27H37N3. The molecule has 0 unspecified atom stereocenters. The van der Waals surface area contributed by atoms with E-state index >= 15 is 0 Å². The first-order chi connectivity index (χ1) is 13.9. The van der Waals surface area contributed by atoms with Gasteiger partial charge >= 0.3 is 0 Å². The maximum absolute atomic E-state index is 4.43. The number of aryl methyl sites for hydroxylation is 1. The summed E-state index contributed by atoms with van der Waals surface area (Å²) < 4.78 is 0. The average Bonchev–Trinajstić information content (AvgIpc) is 2.74. The van der Waals surface area contributed by atoms with E-state index in [0.29, 0.717) is 0 Å². The Hall–Kier alpha value is -3.07. The van der Waals surface area contributed by atoms with Gasteiger partial charge in [-0.05, 0) is 70.4 Å². The molecule has 0 bridgehead atoms. The van der Waals surface area contributed by atoms with Gasteiger partial charge in [-0.2, -0.15) is 0 Å². The van der Waals surface area contributed by atoms with E-state index in [4.69, 9.17) is 0 Å². The summed E-state index contributed by atoms with van der Waals surface area (Å²) in [5.41, 5.74) is 6.45. The van der Waals surface area contributed by atoms with E-state index in [1.165, 1.54) is 10.9 Å². The molecule has 0 aliphatic rings. The lowest BCUT2D eigenvalue weighted by molar-refractivity contribution is 1.19. The topological polar surface area (TPSA) is 37.6 Å². The predicted molar refractivity (Wildman–Crippen MR) is 137 cm³/mol. The molecule has 3 nitrogen and oxygen atoms in total. The zero-order valence-corrected chi connectivity index (χ0v) is 18.6. The Labute approximate surface area is 183 Å². The van der Waals surface area contributed by atoms with Crippen molar-refractivity contribution in [1.82, 2.24) is 4.98 Å². The van der Waals surface area contributed by atoms with E-state index in [-0.39, 0.29) is 7.43 Å². The van der Waals surface area contributed by atoms with Crippen LogP contribution in [0.2, 0.25) is 0 Å².